The van der Waals surface area contributed by atoms with Crippen molar-refractivity contribution in [2.45, 2.75) is 12.5 Å². The molecule has 82 valence electrons. The second kappa shape index (κ2) is 4.31. The second-order valence-electron chi connectivity index (χ2n) is 3.71. The smallest absolute Gasteiger partial charge is 0.115 e. The van der Waals surface area contributed by atoms with E-state index in [1.807, 2.05) is 24.3 Å². The molecule has 0 saturated carbocycles. The molecule has 1 heterocycles. The van der Waals surface area contributed by atoms with Gasteiger partial charge in [-0.25, -0.2) is 9.97 Å². The topological polar surface area (TPSA) is 46.0 Å². The Hall–Kier alpha value is -1.26. The molecule has 0 saturated heterocycles. The van der Waals surface area contributed by atoms with Gasteiger partial charge in [0.25, 0.3) is 0 Å². The fourth-order valence-corrected chi connectivity index (χ4v) is 1.91. The molecule has 0 aliphatic carbocycles. The molecule has 1 atom stereocenters. The number of hydrogen-bond acceptors (Lipinski definition) is 3. The molecule has 1 aromatic carbocycles. The molecular formula is C12H11BrN2O. The minimum absolute atomic E-state index is 0.674. The lowest BCUT2D eigenvalue weighted by atomic mass is 9.90. The van der Waals surface area contributed by atoms with Gasteiger partial charge in [-0.15, -0.1) is 0 Å². The van der Waals surface area contributed by atoms with Crippen molar-refractivity contribution in [2.24, 2.45) is 0 Å². The standard InChI is InChI=1S/C12H11BrN2O/c1-12(16,10-6-14-8-15-7-10)9-3-2-4-11(13)5-9/h2-8,16H,1H3. The van der Waals surface area contributed by atoms with Gasteiger partial charge in [-0.3, -0.25) is 0 Å². The van der Waals surface area contributed by atoms with E-state index in [0.717, 1.165) is 10.0 Å². The normalized spacial score (nSPS) is 14.4. The lowest BCUT2D eigenvalue weighted by Crippen LogP contribution is -2.23. The first-order chi connectivity index (χ1) is 7.60. The molecule has 0 bridgehead atoms. The molecule has 0 amide bonds. The van der Waals surface area contributed by atoms with Crippen molar-refractivity contribution < 1.29 is 5.11 Å². The zero-order valence-corrected chi connectivity index (χ0v) is 10.3. The number of rotatable bonds is 2. The highest BCUT2D eigenvalue weighted by atomic mass is 79.9. The van der Waals surface area contributed by atoms with Crippen LogP contribution in [0.2, 0.25) is 0 Å². The summed E-state index contributed by atoms with van der Waals surface area (Å²) in [6.45, 7) is 1.73. The van der Waals surface area contributed by atoms with E-state index in [9.17, 15) is 5.11 Å². The minimum Gasteiger partial charge on any atom is -0.381 e. The summed E-state index contributed by atoms with van der Waals surface area (Å²) in [6, 6.07) is 7.56. The average molecular weight is 279 g/mol. The molecule has 2 rings (SSSR count). The molecule has 1 unspecified atom stereocenters. The van der Waals surface area contributed by atoms with E-state index < -0.39 is 5.60 Å². The fourth-order valence-electron chi connectivity index (χ4n) is 1.51. The Morgan fingerprint density at radius 2 is 1.88 bits per heavy atom. The maximum absolute atomic E-state index is 10.5. The van der Waals surface area contributed by atoms with Crippen LogP contribution in [0.15, 0.2) is 47.5 Å². The number of aliphatic hydroxyl groups is 1. The first-order valence-corrected chi connectivity index (χ1v) is 5.64. The highest BCUT2D eigenvalue weighted by molar-refractivity contribution is 9.10. The first-order valence-electron chi connectivity index (χ1n) is 4.84. The van der Waals surface area contributed by atoms with Gasteiger partial charge in [0.2, 0.25) is 0 Å². The second-order valence-corrected chi connectivity index (χ2v) is 4.63. The molecular weight excluding hydrogens is 268 g/mol. The van der Waals surface area contributed by atoms with Crippen molar-refractivity contribution in [1.29, 1.82) is 0 Å². The van der Waals surface area contributed by atoms with E-state index in [1.165, 1.54) is 6.33 Å². The predicted octanol–water partition coefficient (Wildman–Crippen LogP) is 2.49. The molecule has 3 nitrogen and oxygen atoms in total. The van der Waals surface area contributed by atoms with Gasteiger partial charge in [0.1, 0.15) is 11.9 Å². The molecule has 0 aliphatic heterocycles. The molecule has 0 fully saturated rings. The molecule has 1 N–H and O–H groups in total. The SMILES string of the molecule is CC(O)(c1cncnc1)c1cccc(Br)c1. The Kier molecular flexibility index (Phi) is 3.03. The van der Waals surface area contributed by atoms with Gasteiger partial charge in [0.05, 0.1) is 0 Å². The zero-order valence-electron chi connectivity index (χ0n) is 8.76. The van der Waals surface area contributed by atoms with Gasteiger partial charge >= 0.3 is 0 Å². The van der Waals surface area contributed by atoms with E-state index in [0.29, 0.717) is 5.56 Å². The lowest BCUT2D eigenvalue weighted by molar-refractivity contribution is 0.101. The lowest BCUT2D eigenvalue weighted by Gasteiger charge is -2.23. The molecule has 0 spiro atoms. The van der Waals surface area contributed by atoms with Crippen molar-refractivity contribution >= 4 is 15.9 Å². The van der Waals surface area contributed by atoms with Crippen molar-refractivity contribution in [3.8, 4) is 0 Å². The third-order valence-electron chi connectivity index (χ3n) is 2.51. The maximum atomic E-state index is 10.5. The average Bonchev–Trinajstić information content (AvgIpc) is 2.30. The largest absolute Gasteiger partial charge is 0.381 e. The summed E-state index contributed by atoms with van der Waals surface area (Å²) < 4.78 is 0.933. The van der Waals surface area contributed by atoms with Crippen LogP contribution in [0.3, 0.4) is 0 Å². The third kappa shape index (κ3) is 2.13. The summed E-state index contributed by atoms with van der Waals surface area (Å²) in [5, 5.41) is 10.5. The summed E-state index contributed by atoms with van der Waals surface area (Å²) in [5.74, 6) is 0. The Balaban J connectivity index is 2.47. The van der Waals surface area contributed by atoms with E-state index >= 15 is 0 Å². The van der Waals surface area contributed by atoms with Crippen molar-refractivity contribution in [1.82, 2.24) is 9.97 Å². The van der Waals surface area contributed by atoms with E-state index in [-0.39, 0.29) is 0 Å². The van der Waals surface area contributed by atoms with Crippen molar-refractivity contribution in [3.63, 3.8) is 0 Å². The Bertz CT molecular complexity index is 485. The summed E-state index contributed by atoms with van der Waals surface area (Å²) in [6.07, 6.45) is 4.68. The minimum atomic E-state index is -1.08. The molecule has 0 aliphatic rings. The first kappa shape index (κ1) is 11.2. The third-order valence-corrected chi connectivity index (χ3v) is 3.00. The van der Waals surface area contributed by atoms with E-state index in [1.54, 1.807) is 19.3 Å². The van der Waals surface area contributed by atoms with Gasteiger partial charge in [-0.05, 0) is 24.6 Å². The number of nitrogens with zero attached hydrogens (tertiary/aromatic N) is 2. The van der Waals surface area contributed by atoms with Crippen LogP contribution in [0.5, 0.6) is 0 Å². The van der Waals surface area contributed by atoms with Crippen LogP contribution < -0.4 is 0 Å². The van der Waals surface area contributed by atoms with Gasteiger partial charge in [-0.2, -0.15) is 0 Å². The molecule has 0 radical (unpaired) electrons. The van der Waals surface area contributed by atoms with Gasteiger partial charge in [0, 0.05) is 22.4 Å². The number of hydrogen-bond donors (Lipinski definition) is 1. The monoisotopic (exact) mass is 278 g/mol. The van der Waals surface area contributed by atoms with Crippen molar-refractivity contribution in [3.05, 3.63) is 58.6 Å². The van der Waals surface area contributed by atoms with Gasteiger partial charge in [0.15, 0.2) is 0 Å². The van der Waals surface area contributed by atoms with E-state index in [2.05, 4.69) is 25.9 Å². The summed E-state index contributed by atoms with van der Waals surface area (Å²) in [5.41, 5.74) is 0.398. The summed E-state index contributed by atoms with van der Waals surface area (Å²) in [4.78, 5) is 7.83. The van der Waals surface area contributed by atoms with Crippen LogP contribution in [-0.4, -0.2) is 15.1 Å². The molecule has 16 heavy (non-hydrogen) atoms. The molecule has 4 heteroatoms. The molecule has 1 aromatic heterocycles. The molecule has 2 aromatic rings. The Morgan fingerprint density at radius 1 is 1.19 bits per heavy atom. The highest BCUT2D eigenvalue weighted by Gasteiger charge is 2.26. The van der Waals surface area contributed by atoms with Crippen molar-refractivity contribution in [2.75, 3.05) is 0 Å². The Morgan fingerprint density at radius 3 is 2.50 bits per heavy atom. The van der Waals surface area contributed by atoms with Crippen LogP contribution in [0.1, 0.15) is 18.1 Å². The Labute approximate surface area is 102 Å². The number of aromatic nitrogens is 2. The number of halogens is 1. The van der Waals surface area contributed by atoms with E-state index in [4.69, 9.17) is 0 Å². The van der Waals surface area contributed by atoms with Crippen LogP contribution in [0.25, 0.3) is 0 Å². The fraction of sp³-hybridized carbons (Fsp3) is 0.167. The summed E-state index contributed by atoms with van der Waals surface area (Å²) in [7, 11) is 0. The van der Waals surface area contributed by atoms with Crippen LogP contribution >= 0.6 is 15.9 Å². The van der Waals surface area contributed by atoms with Crippen LogP contribution in [0, 0.1) is 0 Å². The van der Waals surface area contributed by atoms with Gasteiger partial charge < -0.3 is 5.11 Å². The predicted molar refractivity (Wildman–Crippen MR) is 64.8 cm³/mol. The maximum Gasteiger partial charge on any atom is 0.115 e. The van der Waals surface area contributed by atoms with Gasteiger partial charge in [-0.1, -0.05) is 28.1 Å². The zero-order chi connectivity index (χ0) is 11.6. The van der Waals surface area contributed by atoms with Crippen LogP contribution in [-0.2, 0) is 5.60 Å². The summed E-state index contributed by atoms with van der Waals surface area (Å²) >= 11 is 3.38. The van der Waals surface area contributed by atoms with Crippen LogP contribution in [0.4, 0.5) is 0 Å². The quantitative estimate of drug-likeness (QED) is 0.918. The highest BCUT2D eigenvalue weighted by Crippen LogP contribution is 2.29. The number of benzene rings is 1.